The molecule has 1 N–H and O–H groups in total. The van der Waals surface area contributed by atoms with Crippen molar-refractivity contribution in [2.24, 2.45) is 0 Å². The Labute approximate surface area is 109 Å². The number of rotatable bonds is 4. The first kappa shape index (κ1) is 12.0. The van der Waals surface area contributed by atoms with Crippen LogP contribution in [0.25, 0.3) is 0 Å². The van der Waals surface area contributed by atoms with E-state index in [4.69, 9.17) is 0 Å². The second-order valence-electron chi connectivity index (χ2n) is 3.82. The number of nitrogens with one attached hydrogen (secondary N) is 1. The van der Waals surface area contributed by atoms with Gasteiger partial charge in [0.05, 0.1) is 4.47 Å². The van der Waals surface area contributed by atoms with Crippen molar-refractivity contribution in [3.63, 3.8) is 0 Å². The zero-order valence-electron chi connectivity index (χ0n) is 9.65. The maximum atomic E-state index is 4.16. The molecule has 2 rings (SSSR count). The van der Waals surface area contributed by atoms with Crippen LogP contribution in [0.15, 0.2) is 41.3 Å². The molecule has 0 aliphatic heterocycles. The molecular weight excluding hydrogens is 278 g/mol. The van der Waals surface area contributed by atoms with E-state index in [2.05, 4.69) is 62.4 Å². The number of anilines is 1. The largest absolute Gasteiger partial charge is 0.369 e. The highest BCUT2D eigenvalue weighted by Crippen LogP contribution is 2.17. The Balaban J connectivity index is 1.93. The Morgan fingerprint density at radius 1 is 1.29 bits per heavy atom. The molecule has 0 bridgehead atoms. The fourth-order valence-electron chi connectivity index (χ4n) is 1.65. The van der Waals surface area contributed by atoms with Gasteiger partial charge in [-0.2, -0.15) is 0 Å². The molecule has 2 aromatic rings. The van der Waals surface area contributed by atoms with E-state index in [0.717, 1.165) is 23.3 Å². The Morgan fingerprint density at radius 3 is 2.88 bits per heavy atom. The summed E-state index contributed by atoms with van der Waals surface area (Å²) in [5.41, 5.74) is 2.70. The third-order valence-corrected chi connectivity index (χ3v) is 3.20. The quantitative estimate of drug-likeness (QED) is 0.940. The van der Waals surface area contributed by atoms with Crippen LogP contribution in [-0.4, -0.2) is 16.5 Å². The van der Waals surface area contributed by atoms with Gasteiger partial charge in [-0.15, -0.1) is 0 Å². The summed E-state index contributed by atoms with van der Waals surface area (Å²) in [4.78, 5) is 8.09. The molecule has 3 nitrogen and oxygen atoms in total. The molecule has 1 aromatic heterocycles. The highest BCUT2D eigenvalue weighted by atomic mass is 79.9. The van der Waals surface area contributed by atoms with Crippen molar-refractivity contribution in [1.29, 1.82) is 0 Å². The summed E-state index contributed by atoms with van der Waals surface area (Å²) >= 11 is 3.41. The van der Waals surface area contributed by atoms with E-state index in [-0.39, 0.29) is 0 Å². The number of aromatic nitrogens is 2. The molecule has 0 unspecified atom stereocenters. The molecule has 0 aliphatic rings. The molecule has 17 heavy (non-hydrogen) atoms. The molecule has 0 saturated carbocycles. The lowest BCUT2D eigenvalue weighted by Gasteiger charge is -2.08. The number of nitrogens with zero attached hydrogens (tertiary/aromatic N) is 2. The van der Waals surface area contributed by atoms with Gasteiger partial charge >= 0.3 is 0 Å². The second-order valence-corrected chi connectivity index (χ2v) is 4.68. The fourth-order valence-corrected chi connectivity index (χ4v) is 2.01. The van der Waals surface area contributed by atoms with Gasteiger partial charge in [-0.05, 0) is 40.4 Å². The van der Waals surface area contributed by atoms with E-state index in [0.29, 0.717) is 0 Å². The first-order chi connectivity index (χ1) is 8.27. The van der Waals surface area contributed by atoms with E-state index in [1.165, 1.54) is 11.1 Å². The van der Waals surface area contributed by atoms with E-state index < -0.39 is 0 Å². The highest BCUT2D eigenvalue weighted by molar-refractivity contribution is 9.10. The summed E-state index contributed by atoms with van der Waals surface area (Å²) in [6.45, 7) is 3.00. The van der Waals surface area contributed by atoms with E-state index in [9.17, 15) is 0 Å². The number of aryl methyl sites for hydroxylation is 1. The standard InChI is InChI=1S/C13H14BrN3/c1-10-4-2-3-5-11(10)6-7-16-13-12(14)8-15-9-17-13/h2-5,8-9H,6-7H2,1H3,(H,15,16,17). The SMILES string of the molecule is Cc1ccccc1CCNc1ncncc1Br. The molecule has 1 heterocycles. The van der Waals surface area contributed by atoms with Gasteiger partial charge in [-0.3, -0.25) is 0 Å². The summed E-state index contributed by atoms with van der Waals surface area (Å²) < 4.78 is 0.893. The smallest absolute Gasteiger partial charge is 0.143 e. The first-order valence-electron chi connectivity index (χ1n) is 5.51. The summed E-state index contributed by atoms with van der Waals surface area (Å²) in [6.07, 6.45) is 4.27. The van der Waals surface area contributed by atoms with Gasteiger partial charge in [0.1, 0.15) is 12.1 Å². The van der Waals surface area contributed by atoms with Crippen molar-refractivity contribution in [1.82, 2.24) is 9.97 Å². The second kappa shape index (κ2) is 5.77. The van der Waals surface area contributed by atoms with Crippen molar-refractivity contribution in [3.8, 4) is 0 Å². The van der Waals surface area contributed by atoms with E-state index >= 15 is 0 Å². The van der Waals surface area contributed by atoms with Crippen LogP contribution in [0.4, 0.5) is 5.82 Å². The average Bonchev–Trinajstić information content (AvgIpc) is 2.34. The molecular formula is C13H14BrN3. The Hall–Kier alpha value is -1.42. The zero-order valence-corrected chi connectivity index (χ0v) is 11.2. The predicted molar refractivity (Wildman–Crippen MR) is 73.1 cm³/mol. The van der Waals surface area contributed by atoms with E-state index in [1.54, 1.807) is 12.5 Å². The Kier molecular flexibility index (Phi) is 4.09. The summed E-state index contributed by atoms with van der Waals surface area (Å²) in [5.74, 6) is 0.841. The van der Waals surface area contributed by atoms with Gasteiger partial charge in [-0.25, -0.2) is 9.97 Å². The monoisotopic (exact) mass is 291 g/mol. The van der Waals surface area contributed by atoms with Crippen LogP contribution in [0.3, 0.4) is 0 Å². The minimum absolute atomic E-state index is 0.841. The predicted octanol–water partition coefficient (Wildman–Crippen LogP) is 3.20. The Morgan fingerprint density at radius 2 is 2.12 bits per heavy atom. The van der Waals surface area contributed by atoms with Gasteiger partial charge in [-0.1, -0.05) is 24.3 Å². The van der Waals surface area contributed by atoms with Crippen LogP contribution < -0.4 is 5.32 Å². The van der Waals surface area contributed by atoms with Crippen molar-refractivity contribution in [2.75, 3.05) is 11.9 Å². The Bertz CT molecular complexity index is 454. The van der Waals surface area contributed by atoms with Crippen LogP contribution >= 0.6 is 15.9 Å². The normalized spacial score (nSPS) is 10.2. The summed E-state index contributed by atoms with van der Waals surface area (Å²) in [6, 6.07) is 8.43. The third kappa shape index (κ3) is 3.27. The first-order valence-corrected chi connectivity index (χ1v) is 6.30. The highest BCUT2D eigenvalue weighted by Gasteiger charge is 2.00. The summed E-state index contributed by atoms with van der Waals surface area (Å²) in [7, 11) is 0. The maximum Gasteiger partial charge on any atom is 0.143 e. The van der Waals surface area contributed by atoms with Crippen molar-refractivity contribution in [2.45, 2.75) is 13.3 Å². The molecule has 0 atom stereocenters. The van der Waals surface area contributed by atoms with Crippen LogP contribution in [0.1, 0.15) is 11.1 Å². The number of halogens is 1. The molecule has 0 amide bonds. The zero-order chi connectivity index (χ0) is 12.1. The topological polar surface area (TPSA) is 37.8 Å². The molecule has 1 aromatic carbocycles. The average molecular weight is 292 g/mol. The lowest BCUT2D eigenvalue weighted by molar-refractivity contribution is 0.985. The minimum atomic E-state index is 0.841. The van der Waals surface area contributed by atoms with Gasteiger partial charge in [0, 0.05) is 12.7 Å². The lowest BCUT2D eigenvalue weighted by Crippen LogP contribution is -2.07. The molecule has 88 valence electrons. The van der Waals surface area contributed by atoms with Gasteiger partial charge < -0.3 is 5.32 Å². The number of benzene rings is 1. The van der Waals surface area contributed by atoms with Crippen LogP contribution in [0, 0.1) is 6.92 Å². The lowest BCUT2D eigenvalue weighted by atomic mass is 10.1. The maximum absolute atomic E-state index is 4.16. The molecule has 0 saturated heterocycles. The van der Waals surface area contributed by atoms with Crippen LogP contribution in [0.2, 0.25) is 0 Å². The third-order valence-electron chi connectivity index (χ3n) is 2.62. The van der Waals surface area contributed by atoms with Gasteiger partial charge in [0.15, 0.2) is 0 Å². The van der Waals surface area contributed by atoms with Crippen molar-refractivity contribution in [3.05, 3.63) is 52.4 Å². The molecule has 0 radical (unpaired) electrons. The molecule has 4 heteroatoms. The fraction of sp³-hybridized carbons (Fsp3) is 0.231. The van der Waals surface area contributed by atoms with Gasteiger partial charge in [0.2, 0.25) is 0 Å². The minimum Gasteiger partial charge on any atom is -0.369 e. The molecule has 0 aliphatic carbocycles. The molecule has 0 spiro atoms. The molecule has 0 fully saturated rings. The van der Waals surface area contributed by atoms with Gasteiger partial charge in [0.25, 0.3) is 0 Å². The van der Waals surface area contributed by atoms with E-state index in [1.807, 2.05) is 0 Å². The van der Waals surface area contributed by atoms with Crippen molar-refractivity contribution < 1.29 is 0 Å². The van der Waals surface area contributed by atoms with Crippen LogP contribution in [-0.2, 0) is 6.42 Å². The van der Waals surface area contributed by atoms with Crippen LogP contribution in [0.5, 0.6) is 0 Å². The van der Waals surface area contributed by atoms with Crippen molar-refractivity contribution >= 4 is 21.7 Å². The summed E-state index contributed by atoms with van der Waals surface area (Å²) in [5, 5.41) is 3.29. The number of hydrogen-bond acceptors (Lipinski definition) is 3. The number of hydrogen-bond donors (Lipinski definition) is 1.